The highest BCUT2D eigenvalue weighted by Gasteiger charge is 2.37. The van der Waals surface area contributed by atoms with Crippen molar-refractivity contribution >= 4 is 12.3 Å². The van der Waals surface area contributed by atoms with E-state index >= 15 is 0 Å². The van der Waals surface area contributed by atoms with E-state index in [1.54, 1.807) is 20.3 Å². The molecule has 180 valence electrons. The van der Waals surface area contributed by atoms with E-state index in [1.807, 2.05) is 57.2 Å². The lowest BCUT2D eigenvalue weighted by atomic mass is 9.78. The molecule has 0 N–H and O–H groups in total. The Kier molecular flexibility index (Phi) is 9.92. The van der Waals surface area contributed by atoms with Crippen LogP contribution in [0.3, 0.4) is 0 Å². The van der Waals surface area contributed by atoms with Crippen LogP contribution in [0.1, 0.15) is 55.1 Å². The molecule has 0 aliphatic carbocycles. The maximum absolute atomic E-state index is 13.1. The zero-order chi connectivity index (χ0) is 24.4. The summed E-state index contributed by atoms with van der Waals surface area (Å²) in [6.07, 6.45) is 2.98. The number of hydrogen-bond donors (Lipinski definition) is 0. The predicted molar refractivity (Wildman–Crippen MR) is 130 cm³/mol. The first-order valence-corrected chi connectivity index (χ1v) is 11.4. The molecular formula is C27H37NO5. The summed E-state index contributed by atoms with van der Waals surface area (Å²) >= 11 is 0. The summed E-state index contributed by atoms with van der Waals surface area (Å²) in [6.45, 7) is 7.39. The van der Waals surface area contributed by atoms with E-state index < -0.39 is 5.41 Å². The first-order chi connectivity index (χ1) is 15.7. The van der Waals surface area contributed by atoms with Crippen LogP contribution in [0.4, 0.5) is 0 Å². The molecule has 6 nitrogen and oxygen atoms in total. The molecule has 0 aliphatic rings. The number of carbonyl (C=O) groups excluding carboxylic acids is 2. The van der Waals surface area contributed by atoms with Crippen LogP contribution >= 0.6 is 0 Å². The van der Waals surface area contributed by atoms with E-state index in [9.17, 15) is 9.59 Å². The molecule has 2 aromatic rings. The average Bonchev–Trinajstić information content (AvgIpc) is 2.81. The van der Waals surface area contributed by atoms with Gasteiger partial charge in [-0.1, -0.05) is 18.2 Å². The predicted octanol–water partition coefficient (Wildman–Crippen LogP) is 4.68. The summed E-state index contributed by atoms with van der Waals surface area (Å²) in [7, 11) is 5.27. The standard InChI is InChI=1S/C27H37NO5/c1-20(2)33-26(30)27(3,23-9-7-10-24(18-23)31-5)14-8-15-28(4)16-13-21-11-12-22(19-29)25(17-21)32-6/h7,9-12,17-20H,8,13-16H2,1-6H3. The number of methoxy groups -OCH3 is 2. The van der Waals surface area contributed by atoms with Gasteiger partial charge in [-0.3, -0.25) is 9.59 Å². The molecule has 0 spiro atoms. The lowest BCUT2D eigenvalue weighted by Crippen LogP contribution is -2.37. The van der Waals surface area contributed by atoms with Crippen molar-refractivity contribution in [2.75, 3.05) is 34.4 Å². The molecule has 0 heterocycles. The van der Waals surface area contributed by atoms with Gasteiger partial charge in [0.15, 0.2) is 6.29 Å². The third-order valence-corrected chi connectivity index (χ3v) is 5.92. The van der Waals surface area contributed by atoms with Crippen LogP contribution in [0.2, 0.25) is 0 Å². The van der Waals surface area contributed by atoms with Crippen molar-refractivity contribution in [3.8, 4) is 11.5 Å². The Morgan fingerprint density at radius 3 is 2.48 bits per heavy atom. The summed E-state index contributed by atoms with van der Waals surface area (Å²) in [6, 6.07) is 13.3. The van der Waals surface area contributed by atoms with Gasteiger partial charge < -0.3 is 19.1 Å². The molecule has 0 saturated heterocycles. The van der Waals surface area contributed by atoms with Crippen molar-refractivity contribution in [1.82, 2.24) is 4.90 Å². The Balaban J connectivity index is 2.01. The molecule has 1 unspecified atom stereocenters. The summed E-state index contributed by atoms with van der Waals surface area (Å²) in [5.41, 5.74) is 1.82. The van der Waals surface area contributed by atoms with Crippen LogP contribution in [0.5, 0.6) is 11.5 Å². The number of carbonyl (C=O) groups is 2. The number of hydrogen-bond acceptors (Lipinski definition) is 6. The third kappa shape index (κ3) is 7.32. The van der Waals surface area contributed by atoms with Gasteiger partial charge in [0.25, 0.3) is 0 Å². The Morgan fingerprint density at radius 2 is 1.85 bits per heavy atom. The van der Waals surface area contributed by atoms with Crippen LogP contribution in [-0.2, 0) is 21.4 Å². The third-order valence-electron chi connectivity index (χ3n) is 5.92. The molecule has 0 saturated carbocycles. The quantitative estimate of drug-likeness (QED) is 0.323. The van der Waals surface area contributed by atoms with Crippen molar-refractivity contribution in [3.05, 3.63) is 59.2 Å². The minimum atomic E-state index is -0.752. The topological polar surface area (TPSA) is 65.1 Å². The highest BCUT2D eigenvalue weighted by atomic mass is 16.5. The molecule has 0 amide bonds. The van der Waals surface area contributed by atoms with Crippen LogP contribution in [0.15, 0.2) is 42.5 Å². The zero-order valence-electron chi connectivity index (χ0n) is 20.7. The number of nitrogens with zero attached hydrogens (tertiary/aromatic N) is 1. The summed E-state index contributed by atoms with van der Waals surface area (Å²) in [5, 5.41) is 0. The van der Waals surface area contributed by atoms with Gasteiger partial charge in [0, 0.05) is 6.54 Å². The van der Waals surface area contributed by atoms with Gasteiger partial charge in [0.1, 0.15) is 11.5 Å². The van der Waals surface area contributed by atoms with Gasteiger partial charge in [-0.15, -0.1) is 0 Å². The monoisotopic (exact) mass is 455 g/mol. The van der Waals surface area contributed by atoms with E-state index in [0.29, 0.717) is 17.7 Å². The molecule has 0 aromatic heterocycles. The molecule has 1 atom stereocenters. The molecule has 0 bridgehead atoms. The van der Waals surface area contributed by atoms with Gasteiger partial charge in [-0.2, -0.15) is 0 Å². The van der Waals surface area contributed by atoms with E-state index in [4.69, 9.17) is 14.2 Å². The first-order valence-electron chi connectivity index (χ1n) is 11.4. The Labute approximate surface area is 197 Å². The zero-order valence-corrected chi connectivity index (χ0v) is 20.7. The van der Waals surface area contributed by atoms with Crippen LogP contribution < -0.4 is 9.47 Å². The van der Waals surface area contributed by atoms with Gasteiger partial charge in [-0.25, -0.2) is 0 Å². The minimum absolute atomic E-state index is 0.173. The van der Waals surface area contributed by atoms with Crippen molar-refractivity contribution in [2.45, 2.75) is 51.6 Å². The van der Waals surface area contributed by atoms with Crippen LogP contribution in [0.25, 0.3) is 0 Å². The van der Waals surface area contributed by atoms with Crippen LogP contribution in [0, 0.1) is 0 Å². The fraction of sp³-hybridized carbons (Fsp3) is 0.481. The Bertz CT molecular complexity index is 926. The van der Waals surface area contributed by atoms with Crippen molar-refractivity contribution < 1.29 is 23.8 Å². The summed E-state index contributed by atoms with van der Waals surface area (Å²) in [4.78, 5) is 26.4. The molecule has 0 fully saturated rings. The van der Waals surface area contributed by atoms with E-state index in [1.165, 1.54) is 0 Å². The number of ether oxygens (including phenoxy) is 3. The van der Waals surface area contributed by atoms with Gasteiger partial charge >= 0.3 is 5.97 Å². The molecular weight excluding hydrogens is 418 g/mol. The second-order valence-electron chi connectivity index (χ2n) is 8.87. The fourth-order valence-corrected chi connectivity index (χ4v) is 3.82. The van der Waals surface area contributed by atoms with Crippen LogP contribution in [-0.4, -0.2) is 57.6 Å². The summed E-state index contributed by atoms with van der Waals surface area (Å²) < 4.78 is 16.3. The molecule has 2 rings (SSSR count). The Morgan fingerprint density at radius 1 is 1.09 bits per heavy atom. The second-order valence-corrected chi connectivity index (χ2v) is 8.87. The highest BCUT2D eigenvalue weighted by molar-refractivity contribution is 5.83. The lowest BCUT2D eigenvalue weighted by molar-refractivity contribution is -0.154. The van der Waals surface area contributed by atoms with E-state index in [-0.39, 0.29) is 12.1 Å². The molecule has 2 aromatic carbocycles. The number of rotatable bonds is 13. The smallest absolute Gasteiger partial charge is 0.316 e. The van der Waals surface area contributed by atoms with Gasteiger partial charge in [0.05, 0.1) is 31.3 Å². The van der Waals surface area contributed by atoms with Crippen molar-refractivity contribution in [2.24, 2.45) is 0 Å². The maximum Gasteiger partial charge on any atom is 0.316 e. The van der Waals surface area contributed by atoms with E-state index in [2.05, 4.69) is 11.9 Å². The van der Waals surface area contributed by atoms with E-state index in [0.717, 1.165) is 49.1 Å². The van der Waals surface area contributed by atoms with Crippen molar-refractivity contribution in [1.29, 1.82) is 0 Å². The summed E-state index contributed by atoms with van der Waals surface area (Å²) in [5.74, 6) is 1.11. The molecule has 0 aliphatic heterocycles. The SMILES string of the molecule is COc1cccc(C(C)(CCCN(C)CCc2ccc(C=O)c(OC)c2)C(=O)OC(C)C)c1. The number of aldehydes is 1. The highest BCUT2D eigenvalue weighted by Crippen LogP contribution is 2.33. The number of esters is 1. The van der Waals surface area contributed by atoms with Gasteiger partial charge in [0.2, 0.25) is 0 Å². The molecule has 6 heteroatoms. The second kappa shape index (κ2) is 12.4. The van der Waals surface area contributed by atoms with Crippen molar-refractivity contribution in [3.63, 3.8) is 0 Å². The molecule has 33 heavy (non-hydrogen) atoms. The normalized spacial score (nSPS) is 13.0. The minimum Gasteiger partial charge on any atom is -0.497 e. The maximum atomic E-state index is 13.1. The Hall–Kier alpha value is -2.86. The first kappa shape index (κ1) is 26.4. The molecule has 0 radical (unpaired) electrons. The fourth-order valence-electron chi connectivity index (χ4n) is 3.82. The number of benzene rings is 2. The van der Waals surface area contributed by atoms with Gasteiger partial charge in [-0.05, 0) is 89.0 Å². The number of likely N-dealkylation sites (N-methyl/N-ethyl adjacent to an activating group) is 1. The lowest BCUT2D eigenvalue weighted by Gasteiger charge is -2.30. The largest absolute Gasteiger partial charge is 0.497 e. The average molecular weight is 456 g/mol.